The lowest BCUT2D eigenvalue weighted by atomic mass is 10.1. The van der Waals surface area contributed by atoms with E-state index < -0.39 is 0 Å². The highest BCUT2D eigenvalue weighted by atomic mass is 32.2. The van der Waals surface area contributed by atoms with Crippen LogP contribution in [0.15, 0.2) is 47.4 Å². The molecule has 0 unspecified atom stereocenters. The molecular weight excluding hydrogens is 294 g/mol. The van der Waals surface area contributed by atoms with Gasteiger partial charge >= 0.3 is 0 Å². The quantitative estimate of drug-likeness (QED) is 0.801. The zero-order chi connectivity index (χ0) is 15.9. The molecule has 2 aromatic carbocycles. The van der Waals surface area contributed by atoms with Gasteiger partial charge in [-0.15, -0.1) is 11.8 Å². The summed E-state index contributed by atoms with van der Waals surface area (Å²) in [7, 11) is 1.60. The first-order valence-electron chi connectivity index (χ1n) is 7.23. The summed E-state index contributed by atoms with van der Waals surface area (Å²) in [6.07, 6.45) is 0.468. The Labute approximate surface area is 136 Å². The third-order valence-electron chi connectivity index (χ3n) is 3.46. The largest absolute Gasteiger partial charge is 0.495 e. The predicted octanol–water partition coefficient (Wildman–Crippen LogP) is 4.43. The van der Waals surface area contributed by atoms with Crippen LogP contribution in [0.3, 0.4) is 0 Å². The molecule has 0 aromatic heterocycles. The summed E-state index contributed by atoms with van der Waals surface area (Å²) in [6, 6.07) is 13.8. The second-order valence-corrected chi connectivity index (χ2v) is 6.26. The van der Waals surface area contributed by atoms with Crippen LogP contribution < -0.4 is 10.1 Å². The number of anilines is 1. The van der Waals surface area contributed by atoms with Gasteiger partial charge in [0.2, 0.25) is 5.91 Å². The Bertz CT molecular complexity index is 655. The van der Waals surface area contributed by atoms with E-state index in [2.05, 4.69) is 37.4 Å². The summed E-state index contributed by atoms with van der Waals surface area (Å²) in [5.41, 5.74) is 3.29. The number of para-hydroxylation sites is 2. The molecule has 0 fully saturated rings. The average Bonchev–Trinajstić information content (AvgIpc) is 2.51. The van der Waals surface area contributed by atoms with Crippen molar-refractivity contribution in [3.63, 3.8) is 0 Å². The van der Waals surface area contributed by atoms with Gasteiger partial charge < -0.3 is 10.1 Å². The Hall–Kier alpha value is -1.94. The summed E-state index contributed by atoms with van der Waals surface area (Å²) < 4.78 is 5.22. The second-order valence-electron chi connectivity index (χ2n) is 5.09. The van der Waals surface area contributed by atoms with E-state index in [1.165, 1.54) is 16.0 Å². The zero-order valence-corrected chi connectivity index (χ0v) is 14.0. The van der Waals surface area contributed by atoms with Gasteiger partial charge in [0, 0.05) is 17.1 Å². The Morgan fingerprint density at radius 1 is 1.14 bits per heavy atom. The van der Waals surface area contributed by atoms with E-state index in [-0.39, 0.29) is 5.91 Å². The molecule has 0 aliphatic rings. The minimum absolute atomic E-state index is 0.000772. The number of nitrogens with one attached hydrogen (secondary N) is 1. The molecule has 0 bridgehead atoms. The fraction of sp³-hybridized carbons (Fsp3) is 0.278. The first kappa shape index (κ1) is 16.4. The summed E-state index contributed by atoms with van der Waals surface area (Å²) in [6.45, 7) is 4.21. The second kappa shape index (κ2) is 7.90. The van der Waals surface area contributed by atoms with Gasteiger partial charge in [-0.2, -0.15) is 0 Å². The summed E-state index contributed by atoms with van der Waals surface area (Å²) in [5, 5.41) is 2.89. The van der Waals surface area contributed by atoms with Gasteiger partial charge in [-0.25, -0.2) is 0 Å². The number of methoxy groups -OCH3 is 1. The van der Waals surface area contributed by atoms with E-state index in [9.17, 15) is 4.79 Å². The van der Waals surface area contributed by atoms with Crippen molar-refractivity contribution in [3.8, 4) is 5.75 Å². The van der Waals surface area contributed by atoms with Crippen molar-refractivity contribution in [2.75, 3.05) is 18.2 Å². The molecule has 0 saturated carbocycles. The Balaban J connectivity index is 1.84. The molecule has 0 spiro atoms. The lowest BCUT2D eigenvalue weighted by Gasteiger charge is -2.10. The van der Waals surface area contributed by atoms with E-state index >= 15 is 0 Å². The van der Waals surface area contributed by atoms with Gasteiger partial charge in [-0.1, -0.05) is 18.2 Å². The molecule has 2 aromatic rings. The number of amides is 1. The Morgan fingerprint density at radius 3 is 2.64 bits per heavy atom. The summed E-state index contributed by atoms with van der Waals surface area (Å²) in [4.78, 5) is 13.2. The van der Waals surface area contributed by atoms with Crippen LogP contribution in [0.25, 0.3) is 0 Å². The molecule has 0 aliphatic carbocycles. The fourth-order valence-electron chi connectivity index (χ4n) is 2.03. The third-order valence-corrected chi connectivity index (χ3v) is 4.45. The van der Waals surface area contributed by atoms with Gasteiger partial charge in [0.1, 0.15) is 5.75 Å². The lowest BCUT2D eigenvalue weighted by Crippen LogP contribution is -2.12. The molecule has 0 radical (unpaired) electrons. The lowest BCUT2D eigenvalue weighted by molar-refractivity contribution is -0.115. The van der Waals surface area contributed by atoms with Crippen molar-refractivity contribution in [2.24, 2.45) is 0 Å². The van der Waals surface area contributed by atoms with E-state index in [1.807, 2.05) is 24.3 Å². The first-order valence-corrected chi connectivity index (χ1v) is 8.21. The van der Waals surface area contributed by atoms with Gasteiger partial charge in [0.05, 0.1) is 12.8 Å². The van der Waals surface area contributed by atoms with Crippen molar-refractivity contribution >= 4 is 23.4 Å². The first-order chi connectivity index (χ1) is 10.6. The predicted molar refractivity (Wildman–Crippen MR) is 92.9 cm³/mol. The number of carbonyl (C=O) groups excluding carboxylic acids is 1. The normalized spacial score (nSPS) is 10.3. The molecular formula is C18H21NO2S. The molecule has 0 aliphatic heterocycles. The molecule has 116 valence electrons. The number of ether oxygens (including phenoxy) is 1. The van der Waals surface area contributed by atoms with Crippen molar-refractivity contribution in [1.29, 1.82) is 0 Å². The van der Waals surface area contributed by atoms with Crippen molar-refractivity contribution in [2.45, 2.75) is 25.2 Å². The molecule has 4 heteroatoms. The Kier molecular flexibility index (Phi) is 5.90. The van der Waals surface area contributed by atoms with Crippen LogP contribution in [0, 0.1) is 13.8 Å². The zero-order valence-electron chi connectivity index (χ0n) is 13.2. The van der Waals surface area contributed by atoms with Crippen LogP contribution >= 0.6 is 11.8 Å². The highest BCUT2D eigenvalue weighted by Crippen LogP contribution is 2.24. The van der Waals surface area contributed by atoms with Crippen LogP contribution in [0.4, 0.5) is 5.69 Å². The van der Waals surface area contributed by atoms with Crippen molar-refractivity contribution in [3.05, 3.63) is 53.6 Å². The van der Waals surface area contributed by atoms with Crippen LogP contribution in [-0.2, 0) is 4.79 Å². The van der Waals surface area contributed by atoms with Crippen LogP contribution in [0.5, 0.6) is 5.75 Å². The maximum absolute atomic E-state index is 12.0. The van der Waals surface area contributed by atoms with Gasteiger partial charge in [0.15, 0.2) is 0 Å². The molecule has 0 atom stereocenters. The van der Waals surface area contributed by atoms with Crippen molar-refractivity contribution < 1.29 is 9.53 Å². The van der Waals surface area contributed by atoms with E-state index in [0.717, 1.165) is 5.75 Å². The molecule has 1 N–H and O–H groups in total. The third kappa shape index (κ3) is 4.53. The Morgan fingerprint density at radius 2 is 1.91 bits per heavy atom. The number of hydrogen-bond donors (Lipinski definition) is 1. The van der Waals surface area contributed by atoms with E-state index in [4.69, 9.17) is 4.74 Å². The number of benzene rings is 2. The number of aryl methyl sites for hydroxylation is 2. The van der Waals surface area contributed by atoms with E-state index in [0.29, 0.717) is 17.9 Å². The number of rotatable bonds is 6. The highest BCUT2D eigenvalue weighted by Gasteiger charge is 2.07. The number of thioether (sulfide) groups is 1. The van der Waals surface area contributed by atoms with Crippen LogP contribution in [0.1, 0.15) is 17.5 Å². The van der Waals surface area contributed by atoms with Gasteiger partial charge in [0.25, 0.3) is 0 Å². The topological polar surface area (TPSA) is 38.3 Å². The molecule has 0 saturated heterocycles. The highest BCUT2D eigenvalue weighted by molar-refractivity contribution is 7.99. The maximum Gasteiger partial charge on any atom is 0.225 e. The molecule has 2 rings (SSSR count). The number of hydrogen-bond acceptors (Lipinski definition) is 3. The smallest absolute Gasteiger partial charge is 0.225 e. The molecule has 1 amide bonds. The van der Waals surface area contributed by atoms with Gasteiger partial charge in [-0.3, -0.25) is 4.79 Å². The maximum atomic E-state index is 12.0. The fourth-order valence-corrected chi connectivity index (χ4v) is 2.97. The minimum atomic E-state index is 0.000772. The molecule has 22 heavy (non-hydrogen) atoms. The van der Waals surface area contributed by atoms with E-state index in [1.54, 1.807) is 18.9 Å². The standard InChI is InChI=1S/C18H21NO2S/c1-13-8-9-15(12-14(13)2)22-11-10-18(20)19-16-6-4-5-7-17(16)21-3/h4-9,12H,10-11H2,1-3H3,(H,19,20). The summed E-state index contributed by atoms with van der Waals surface area (Å²) in [5.74, 6) is 1.43. The molecule has 3 nitrogen and oxygen atoms in total. The van der Waals surface area contributed by atoms with Gasteiger partial charge in [-0.05, 0) is 49.2 Å². The summed E-state index contributed by atoms with van der Waals surface area (Å²) >= 11 is 1.70. The number of carbonyl (C=O) groups is 1. The monoisotopic (exact) mass is 315 g/mol. The average molecular weight is 315 g/mol. The van der Waals surface area contributed by atoms with Crippen LogP contribution in [-0.4, -0.2) is 18.8 Å². The van der Waals surface area contributed by atoms with Crippen molar-refractivity contribution in [1.82, 2.24) is 0 Å². The van der Waals surface area contributed by atoms with Crippen LogP contribution in [0.2, 0.25) is 0 Å². The SMILES string of the molecule is COc1ccccc1NC(=O)CCSc1ccc(C)c(C)c1. The minimum Gasteiger partial charge on any atom is -0.495 e. The molecule has 0 heterocycles.